The fourth-order valence-electron chi connectivity index (χ4n) is 11.2. The molecule has 0 aromatic rings. The molecule has 504 valence electrons. The second-order valence-corrected chi connectivity index (χ2v) is 26.6. The summed E-state index contributed by atoms with van der Waals surface area (Å²) in [6.07, 6.45) is 85.3. The monoisotopic (exact) mass is 1210 g/mol. The maximum Gasteiger partial charge on any atom is 0.361 e. The van der Waals surface area contributed by atoms with Gasteiger partial charge in [0.05, 0.1) is 34.4 Å². The van der Waals surface area contributed by atoms with E-state index in [2.05, 4.69) is 62.5 Å². The molecule has 0 aromatic carbocycles. The lowest BCUT2D eigenvalue weighted by Gasteiger charge is -2.25. The number of allylic oxidation sites excluding steroid dienone is 8. The van der Waals surface area contributed by atoms with Crippen LogP contribution in [0.1, 0.15) is 367 Å². The van der Waals surface area contributed by atoms with Crippen LogP contribution in [-0.4, -0.2) is 87.4 Å². The van der Waals surface area contributed by atoms with Crippen LogP contribution in [0.2, 0.25) is 0 Å². The number of quaternary nitrogens is 1. The summed E-state index contributed by atoms with van der Waals surface area (Å²) in [5.41, 5.74) is 0. The van der Waals surface area contributed by atoms with Gasteiger partial charge in [-0.05, 0) is 51.4 Å². The van der Waals surface area contributed by atoms with Crippen molar-refractivity contribution in [3.63, 3.8) is 0 Å². The number of esters is 2. The Labute approximate surface area is 533 Å². The Balaban J connectivity index is 4.01. The molecule has 86 heavy (non-hydrogen) atoms. The van der Waals surface area contributed by atoms with Gasteiger partial charge in [-0.2, -0.15) is 0 Å². The third-order valence-electron chi connectivity index (χ3n) is 16.8. The maximum absolute atomic E-state index is 13.0. The number of hydrogen-bond donors (Lipinski definition) is 1. The molecule has 0 aliphatic rings. The van der Waals surface area contributed by atoms with Crippen molar-refractivity contribution >= 4 is 17.9 Å². The van der Waals surface area contributed by atoms with Crippen molar-refractivity contribution in [3.8, 4) is 0 Å². The molecule has 0 bridgehead atoms. The van der Waals surface area contributed by atoms with Gasteiger partial charge in [0.15, 0.2) is 6.10 Å². The Kier molecular flexibility index (Phi) is 66.0. The van der Waals surface area contributed by atoms with Crippen molar-refractivity contribution in [2.75, 3.05) is 47.5 Å². The number of carbonyl (C=O) groups is 3. The van der Waals surface area contributed by atoms with Crippen molar-refractivity contribution in [1.29, 1.82) is 0 Å². The molecule has 0 aliphatic carbocycles. The number of carboxylic acid groups (broad SMARTS) is 1. The summed E-state index contributed by atoms with van der Waals surface area (Å²) in [4.78, 5) is 37.7. The quantitative estimate of drug-likeness (QED) is 0.0211. The van der Waals surface area contributed by atoms with Gasteiger partial charge in [-0.15, -0.1) is 0 Å². The summed E-state index contributed by atoms with van der Waals surface area (Å²) >= 11 is 0. The van der Waals surface area contributed by atoms with E-state index in [-0.39, 0.29) is 38.2 Å². The van der Waals surface area contributed by atoms with Gasteiger partial charge < -0.3 is 28.5 Å². The van der Waals surface area contributed by atoms with E-state index in [0.29, 0.717) is 17.4 Å². The van der Waals surface area contributed by atoms with E-state index in [0.717, 1.165) is 64.2 Å². The van der Waals surface area contributed by atoms with Crippen LogP contribution in [0.3, 0.4) is 0 Å². The highest BCUT2D eigenvalue weighted by atomic mass is 16.7. The van der Waals surface area contributed by atoms with Gasteiger partial charge in [0.25, 0.3) is 6.29 Å². The number of hydrogen-bond acceptors (Lipinski definition) is 7. The summed E-state index contributed by atoms with van der Waals surface area (Å²) in [6, 6.07) is 0. The number of carbonyl (C=O) groups excluding carboxylic acids is 2. The van der Waals surface area contributed by atoms with Crippen molar-refractivity contribution < 1.29 is 42.9 Å². The predicted molar refractivity (Wildman–Crippen MR) is 369 cm³/mol. The normalized spacial score (nSPS) is 12.9. The number of aliphatic carboxylic acids is 1. The first-order valence-electron chi connectivity index (χ1n) is 37.3. The lowest BCUT2D eigenvalue weighted by Crippen LogP contribution is -2.40. The van der Waals surface area contributed by atoms with Gasteiger partial charge >= 0.3 is 17.9 Å². The van der Waals surface area contributed by atoms with Crippen molar-refractivity contribution in [3.05, 3.63) is 48.6 Å². The van der Waals surface area contributed by atoms with Crippen LogP contribution in [0.4, 0.5) is 0 Å². The summed E-state index contributed by atoms with van der Waals surface area (Å²) < 4.78 is 23.0. The van der Waals surface area contributed by atoms with E-state index in [9.17, 15) is 19.5 Å². The van der Waals surface area contributed by atoms with Gasteiger partial charge in [-0.25, -0.2) is 4.79 Å². The molecule has 9 nitrogen and oxygen atoms in total. The van der Waals surface area contributed by atoms with Crippen molar-refractivity contribution in [1.82, 2.24) is 0 Å². The Morgan fingerprint density at radius 3 is 0.988 bits per heavy atom. The van der Waals surface area contributed by atoms with Crippen LogP contribution in [-0.2, 0) is 33.3 Å². The first kappa shape index (κ1) is 83.2. The molecule has 0 aromatic heterocycles. The van der Waals surface area contributed by atoms with Gasteiger partial charge in [-0.3, -0.25) is 9.59 Å². The molecule has 1 N–H and O–H groups in total. The van der Waals surface area contributed by atoms with Crippen LogP contribution in [0.15, 0.2) is 48.6 Å². The zero-order chi connectivity index (χ0) is 62.6. The highest BCUT2D eigenvalue weighted by Crippen LogP contribution is 2.19. The Morgan fingerprint density at radius 2 is 0.663 bits per heavy atom. The van der Waals surface area contributed by atoms with Crippen LogP contribution in [0.5, 0.6) is 0 Å². The zero-order valence-corrected chi connectivity index (χ0v) is 57.7. The van der Waals surface area contributed by atoms with Crippen LogP contribution < -0.4 is 0 Å². The van der Waals surface area contributed by atoms with Gasteiger partial charge in [0.2, 0.25) is 0 Å². The fourth-order valence-corrected chi connectivity index (χ4v) is 11.2. The summed E-state index contributed by atoms with van der Waals surface area (Å²) in [5, 5.41) is 9.76. The molecule has 0 heterocycles. The molecule has 2 atom stereocenters. The molecule has 9 heteroatoms. The van der Waals surface area contributed by atoms with E-state index >= 15 is 0 Å². The standard InChI is InChI=1S/C77H143NO8/c1-6-8-10-12-14-16-18-20-22-24-26-28-30-32-34-35-36-37-38-39-40-41-42-44-46-48-50-52-54-56-58-60-62-64-66-68-75(80)86-73(72-85-77(76(81)82)83-70-69-78(3,4)5)71-84-74(79)67-65-63-61-59-57-55-53-51-49-47-45-43-33-31-29-27-25-23-21-19-17-15-13-11-9-7-2/h8,10,14,16,20,22,26,28,73,77H,6-7,9,11-13,15,17-19,21,23-25,27,29-72H2,1-5H3/p+1/b10-8-,16-14-,22-20-,28-26-. The third kappa shape index (κ3) is 68.7. The second kappa shape index (κ2) is 68.2. The number of ether oxygens (including phenoxy) is 4. The molecule has 0 amide bonds. The smallest absolute Gasteiger partial charge is 0.361 e. The van der Waals surface area contributed by atoms with Crippen molar-refractivity contribution in [2.45, 2.75) is 379 Å². The highest BCUT2D eigenvalue weighted by Gasteiger charge is 2.25. The first-order chi connectivity index (χ1) is 42.1. The lowest BCUT2D eigenvalue weighted by atomic mass is 10.0. The second-order valence-electron chi connectivity index (χ2n) is 26.6. The zero-order valence-electron chi connectivity index (χ0n) is 57.7. The number of unbranched alkanes of at least 4 members (excludes halogenated alkanes) is 47. The van der Waals surface area contributed by atoms with Gasteiger partial charge in [0.1, 0.15) is 13.2 Å². The Morgan fingerprint density at radius 1 is 0.360 bits per heavy atom. The largest absolute Gasteiger partial charge is 0.477 e. The van der Waals surface area contributed by atoms with Gasteiger partial charge in [0, 0.05) is 12.8 Å². The fraction of sp³-hybridized carbons (Fsp3) is 0.857. The van der Waals surface area contributed by atoms with Crippen LogP contribution in [0, 0.1) is 0 Å². The Bertz CT molecular complexity index is 1550. The van der Waals surface area contributed by atoms with Crippen molar-refractivity contribution in [2.24, 2.45) is 0 Å². The molecular weight excluding hydrogens is 1070 g/mol. The molecule has 0 saturated heterocycles. The minimum Gasteiger partial charge on any atom is -0.477 e. The van der Waals surface area contributed by atoms with Gasteiger partial charge in [-0.1, -0.05) is 351 Å². The average molecular weight is 1210 g/mol. The molecule has 0 spiro atoms. The minimum atomic E-state index is -1.51. The number of nitrogens with zero attached hydrogens (tertiary/aromatic N) is 1. The average Bonchev–Trinajstić information content (AvgIpc) is 3.64. The maximum atomic E-state index is 13.0. The summed E-state index contributed by atoms with van der Waals surface area (Å²) in [6.45, 7) is 4.84. The van der Waals surface area contributed by atoms with E-state index in [1.54, 1.807) is 0 Å². The van der Waals surface area contributed by atoms with E-state index in [1.807, 2.05) is 21.1 Å². The molecule has 0 fully saturated rings. The van der Waals surface area contributed by atoms with Crippen LogP contribution >= 0.6 is 0 Å². The Hall–Kier alpha value is -2.75. The lowest BCUT2D eigenvalue weighted by molar-refractivity contribution is -0.870. The number of carboxylic acids is 1. The molecule has 0 radical (unpaired) electrons. The summed E-state index contributed by atoms with van der Waals surface area (Å²) in [7, 11) is 5.99. The molecule has 0 saturated carbocycles. The third-order valence-corrected chi connectivity index (χ3v) is 16.8. The molecule has 0 rings (SSSR count). The topological polar surface area (TPSA) is 108 Å². The SMILES string of the molecule is CC/C=C\C/C=C\C/C=C\C/C=C\CCCCCCCCCCCCCCCCCCCCCCCCC(=O)OC(COC(=O)CCCCCCCCCCCCCCCCCCCCCCCCCCCC)COC(OCC[N+](C)(C)C)C(=O)O. The first-order valence-corrected chi connectivity index (χ1v) is 37.3. The van der Waals surface area contributed by atoms with E-state index in [4.69, 9.17) is 18.9 Å². The predicted octanol–water partition coefficient (Wildman–Crippen LogP) is 23.3. The number of rotatable bonds is 70. The van der Waals surface area contributed by atoms with E-state index < -0.39 is 18.4 Å². The van der Waals surface area contributed by atoms with E-state index in [1.165, 1.54) is 276 Å². The highest BCUT2D eigenvalue weighted by molar-refractivity contribution is 5.71. The molecular formula is C77H144NO8+. The molecule has 2 unspecified atom stereocenters. The number of likely N-dealkylation sites (N-methyl/N-ethyl adjacent to an activating group) is 1. The summed E-state index contributed by atoms with van der Waals surface area (Å²) in [5.74, 6) is -1.97. The minimum absolute atomic E-state index is 0.175. The molecule has 0 aliphatic heterocycles. The van der Waals surface area contributed by atoms with Crippen LogP contribution in [0.25, 0.3) is 0 Å².